The van der Waals surface area contributed by atoms with Crippen LogP contribution in [-0.2, 0) is 10.0 Å². The van der Waals surface area contributed by atoms with Gasteiger partial charge in [0.25, 0.3) is 15.9 Å². The van der Waals surface area contributed by atoms with Crippen LogP contribution in [0.3, 0.4) is 0 Å². The van der Waals surface area contributed by atoms with E-state index in [-0.39, 0.29) is 29.3 Å². The van der Waals surface area contributed by atoms with E-state index in [0.717, 1.165) is 23.9 Å². The Hall–Kier alpha value is -4.05. The zero-order valence-corrected chi connectivity index (χ0v) is 21.6. The lowest BCUT2D eigenvalue weighted by atomic mass is 9.97. The van der Waals surface area contributed by atoms with Gasteiger partial charge in [0.2, 0.25) is 11.8 Å². The number of carbonyl (C=O) groups excluding carboxylic acids is 1. The minimum absolute atomic E-state index is 0. The fraction of sp³-hybridized carbons (Fsp3) is 0.259. The topological polar surface area (TPSA) is 114 Å². The first-order valence-electron chi connectivity index (χ1n) is 11.9. The minimum atomic E-state index is -4.29. The lowest BCUT2D eigenvalue weighted by Gasteiger charge is -2.33. The van der Waals surface area contributed by atoms with Crippen LogP contribution in [0.25, 0.3) is 10.9 Å². The number of sulfonamides is 1. The lowest BCUT2D eigenvalue weighted by Crippen LogP contribution is -2.41. The Morgan fingerprint density at radius 2 is 1.81 bits per heavy atom. The Morgan fingerprint density at radius 3 is 2.59 bits per heavy atom. The van der Waals surface area contributed by atoms with Crippen LogP contribution in [0.15, 0.2) is 78.0 Å². The summed E-state index contributed by atoms with van der Waals surface area (Å²) in [5.74, 6) is 0.403. The summed E-state index contributed by atoms with van der Waals surface area (Å²) in [5, 5.41) is 0.600. The van der Waals surface area contributed by atoms with E-state index in [9.17, 15) is 13.2 Å². The van der Waals surface area contributed by atoms with Crippen molar-refractivity contribution in [3.8, 4) is 11.8 Å². The van der Waals surface area contributed by atoms with Gasteiger partial charge in [-0.25, -0.2) is 14.7 Å². The fourth-order valence-corrected chi connectivity index (χ4v) is 5.72. The molecule has 4 heterocycles. The molecule has 10 heteroatoms. The van der Waals surface area contributed by atoms with Gasteiger partial charge in [-0.2, -0.15) is 13.4 Å². The Kier molecular flexibility index (Phi) is 6.28. The van der Waals surface area contributed by atoms with Crippen LogP contribution in [0.5, 0.6) is 11.8 Å². The molecule has 1 fully saturated rings. The predicted octanol–water partition coefficient (Wildman–Crippen LogP) is 4.81. The third-order valence-electron chi connectivity index (χ3n) is 6.34. The second kappa shape index (κ2) is 9.44. The second-order valence-electron chi connectivity index (χ2n) is 9.80. The van der Waals surface area contributed by atoms with Gasteiger partial charge >= 0.3 is 0 Å². The number of carbonyl (C=O) groups is 1. The number of para-hydroxylation sites is 1. The van der Waals surface area contributed by atoms with E-state index >= 15 is 0 Å². The first-order valence-corrected chi connectivity index (χ1v) is 13.4. The number of nitrogens with one attached hydrogen (secondary N) is 1. The van der Waals surface area contributed by atoms with Crippen molar-refractivity contribution in [2.24, 2.45) is 5.92 Å². The van der Waals surface area contributed by atoms with E-state index in [0.29, 0.717) is 11.7 Å². The van der Waals surface area contributed by atoms with E-state index in [2.05, 4.69) is 45.3 Å². The first-order chi connectivity index (χ1) is 17.6. The van der Waals surface area contributed by atoms with Gasteiger partial charge in [0.15, 0.2) is 5.03 Å². The number of benzene rings is 1. The van der Waals surface area contributed by atoms with Gasteiger partial charge in [0.05, 0.1) is 11.1 Å². The van der Waals surface area contributed by atoms with E-state index < -0.39 is 15.9 Å². The maximum atomic E-state index is 13.2. The SMILES string of the molecule is CC1CN(c2ncccc2C(=O)NS(=O)(=O)c2cccc(Oc3ccc4ccccc4n3)n2)C(C)(C)C1.[HH]. The highest BCUT2D eigenvalue weighted by molar-refractivity contribution is 7.90. The maximum Gasteiger partial charge on any atom is 0.281 e. The van der Waals surface area contributed by atoms with E-state index in [1.807, 2.05) is 30.3 Å². The van der Waals surface area contributed by atoms with Crippen molar-refractivity contribution in [1.29, 1.82) is 0 Å². The number of hydrogen-bond acceptors (Lipinski definition) is 8. The molecule has 1 N–H and O–H groups in total. The fourth-order valence-electron chi connectivity index (χ4n) is 4.79. The van der Waals surface area contributed by atoms with Crippen molar-refractivity contribution in [3.05, 3.63) is 78.5 Å². The summed E-state index contributed by atoms with van der Waals surface area (Å²) in [6.45, 7) is 7.04. The highest BCUT2D eigenvalue weighted by atomic mass is 32.2. The molecular formula is C27H29N5O4S. The average molecular weight is 520 g/mol. The van der Waals surface area contributed by atoms with Crippen molar-refractivity contribution >= 4 is 32.7 Å². The molecule has 1 aliphatic heterocycles. The van der Waals surface area contributed by atoms with Crippen LogP contribution in [0.4, 0.5) is 5.82 Å². The average Bonchev–Trinajstić information content (AvgIpc) is 3.15. The number of nitrogens with zero attached hydrogens (tertiary/aromatic N) is 4. The van der Waals surface area contributed by atoms with Crippen molar-refractivity contribution in [2.75, 3.05) is 11.4 Å². The Morgan fingerprint density at radius 1 is 1.03 bits per heavy atom. The molecule has 37 heavy (non-hydrogen) atoms. The molecule has 3 aromatic heterocycles. The first kappa shape index (κ1) is 24.6. The number of ether oxygens (including phenoxy) is 1. The molecule has 0 bridgehead atoms. The summed E-state index contributed by atoms with van der Waals surface area (Å²) in [4.78, 5) is 28.2. The number of aromatic nitrogens is 3. The van der Waals surface area contributed by atoms with Gasteiger partial charge in [0.1, 0.15) is 5.82 Å². The molecule has 4 aromatic rings. The number of anilines is 1. The van der Waals surface area contributed by atoms with Crippen LogP contribution >= 0.6 is 0 Å². The van der Waals surface area contributed by atoms with Crippen molar-refractivity contribution in [3.63, 3.8) is 0 Å². The lowest BCUT2D eigenvalue weighted by molar-refractivity contribution is 0.0981. The van der Waals surface area contributed by atoms with Crippen LogP contribution in [-0.4, -0.2) is 41.4 Å². The summed E-state index contributed by atoms with van der Waals surface area (Å²) in [7, 11) is -4.29. The number of hydrogen-bond donors (Lipinski definition) is 1. The summed E-state index contributed by atoms with van der Waals surface area (Å²) in [6.07, 6.45) is 2.54. The molecule has 0 saturated carbocycles. The van der Waals surface area contributed by atoms with Gasteiger partial charge in [-0.1, -0.05) is 31.2 Å². The van der Waals surface area contributed by atoms with Gasteiger partial charge in [-0.3, -0.25) is 4.79 Å². The molecule has 0 aliphatic carbocycles. The van der Waals surface area contributed by atoms with E-state index in [4.69, 9.17) is 4.74 Å². The highest BCUT2D eigenvalue weighted by Crippen LogP contribution is 2.37. The molecule has 1 aromatic carbocycles. The number of fused-ring (bicyclic) bond motifs is 1. The van der Waals surface area contributed by atoms with Crippen LogP contribution in [0.1, 0.15) is 39.0 Å². The predicted molar refractivity (Wildman–Crippen MR) is 142 cm³/mol. The zero-order valence-electron chi connectivity index (χ0n) is 20.7. The summed E-state index contributed by atoms with van der Waals surface area (Å²) < 4.78 is 34.1. The molecule has 0 spiro atoms. The zero-order chi connectivity index (χ0) is 26.2. The quantitative estimate of drug-likeness (QED) is 0.386. The number of rotatable bonds is 6. The normalized spacial score (nSPS) is 17.1. The summed E-state index contributed by atoms with van der Waals surface area (Å²) >= 11 is 0. The molecule has 1 unspecified atom stereocenters. The summed E-state index contributed by atoms with van der Waals surface area (Å²) in [6, 6.07) is 18.6. The van der Waals surface area contributed by atoms with Gasteiger partial charge in [0, 0.05) is 37.2 Å². The smallest absolute Gasteiger partial charge is 0.281 e. The second-order valence-corrected chi connectivity index (χ2v) is 11.4. The Bertz CT molecular complexity index is 1600. The third kappa shape index (κ3) is 5.10. The molecule has 1 saturated heterocycles. The van der Waals surface area contributed by atoms with Crippen molar-refractivity contribution in [1.82, 2.24) is 19.7 Å². The molecule has 0 radical (unpaired) electrons. The third-order valence-corrected chi connectivity index (χ3v) is 7.57. The maximum absolute atomic E-state index is 13.2. The van der Waals surface area contributed by atoms with E-state index in [1.54, 1.807) is 24.4 Å². The molecule has 1 atom stereocenters. The molecule has 1 aliphatic rings. The van der Waals surface area contributed by atoms with Crippen LogP contribution in [0, 0.1) is 5.92 Å². The molecule has 192 valence electrons. The van der Waals surface area contributed by atoms with Crippen LogP contribution in [0.2, 0.25) is 0 Å². The van der Waals surface area contributed by atoms with Gasteiger partial charge < -0.3 is 9.64 Å². The number of pyridine rings is 3. The van der Waals surface area contributed by atoms with Crippen LogP contribution < -0.4 is 14.4 Å². The van der Waals surface area contributed by atoms with Gasteiger partial charge in [-0.15, -0.1) is 0 Å². The summed E-state index contributed by atoms with van der Waals surface area (Å²) in [5.41, 5.74) is 0.700. The monoisotopic (exact) mass is 519 g/mol. The standard InChI is InChI=1S/C27H27N5O4S.H2/c1-18-16-27(2,3)32(17-18)25-20(9-7-15-28-25)26(33)31-37(34,35)24-12-6-11-22(30-24)36-23-14-13-19-8-4-5-10-21(19)29-23;/h4-15,18H,16-17H2,1-3H3,(H,31,33);1H. The van der Waals surface area contributed by atoms with Gasteiger partial charge in [-0.05, 0) is 56.5 Å². The minimum Gasteiger partial charge on any atom is -0.421 e. The molecular weight excluding hydrogens is 490 g/mol. The highest BCUT2D eigenvalue weighted by Gasteiger charge is 2.39. The molecule has 9 nitrogen and oxygen atoms in total. The van der Waals surface area contributed by atoms with E-state index in [1.165, 1.54) is 18.2 Å². The largest absolute Gasteiger partial charge is 0.421 e. The molecule has 1 amide bonds. The van der Waals surface area contributed by atoms with Crippen molar-refractivity contribution in [2.45, 2.75) is 37.8 Å². The Labute approximate surface area is 217 Å². The van der Waals surface area contributed by atoms with Crippen molar-refractivity contribution < 1.29 is 19.4 Å². The Balaban J connectivity index is 0.00000336. The number of amides is 1. The molecule has 5 rings (SSSR count).